The summed E-state index contributed by atoms with van der Waals surface area (Å²) in [6, 6.07) is -1.54. The summed E-state index contributed by atoms with van der Waals surface area (Å²) in [5.41, 5.74) is 5.32. The van der Waals surface area contributed by atoms with E-state index in [9.17, 15) is 28.9 Å². The summed E-state index contributed by atoms with van der Waals surface area (Å²) in [5.74, 6) is -2.51. The normalized spacial score (nSPS) is 14.9. The van der Waals surface area contributed by atoms with Gasteiger partial charge in [-0.15, -0.1) is 0 Å². The van der Waals surface area contributed by atoms with E-state index in [1.165, 1.54) is 64.2 Å². The van der Waals surface area contributed by atoms with E-state index >= 15 is 0 Å². The van der Waals surface area contributed by atoms with Crippen molar-refractivity contribution in [2.24, 2.45) is 5.73 Å². The van der Waals surface area contributed by atoms with Crippen LogP contribution in [0.4, 0.5) is 0 Å². The number of carbonyl (C=O) groups excluding carboxylic acids is 2. The van der Waals surface area contributed by atoms with Crippen molar-refractivity contribution < 1.29 is 52.6 Å². The second-order valence-corrected chi connectivity index (χ2v) is 15.8. The monoisotopic (exact) mass is 826 g/mol. The molecule has 0 aromatic rings. The summed E-state index contributed by atoms with van der Waals surface area (Å²) in [4.78, 5) is 45.9. The molecule has 0 rings (SSSR count). The minimum atomic E-state index is -4.74. The average molecular weight is 826 g/mol. The predicted molar refractivity (Wildman–Crippen MR) is 227 cm³/mol. The van der Waals surface area contributed by atoms with Crippen LogP contribution in [0.15, 0.2) is 60.8 Å². The molecule has 0 aliphatic carbocycles. The van der Waals surface area contributed by atoms with Crippen LogP contribution in [0.5, 0.6) is 0 Å². The van der Waals surface area contributed by atoms with Gasteiger partial charge in [0.05, 0.1) is 19.3 Å². The molecule has 0 aromatic carbocycles. The lowest BCUT2D eigenvalue weighted by molar-refractivity contribution is -0.161. The number of aliphatic hydroxyl groups is 1. The molecule has 57 heavy (non-hydrogen) atoms. The molecule has 328 valence electrons. The van der Waals surface area contributed by atoms with Gasteiger partial charge >= 0.3 is 25.7 Å². The summed E-state index contributed by atoms with van der Waals surface area (Å²) in [7, 11) is -4.74. The first kappa shape index (κ1) is 54.1. The Balaban J connectivity index is 4.54. The van der Waals surface area contributed by atoms with Crippen molar-refractivity contribution in [1.29, 1.82) is 0 Å². The quantitative estimate of drug-likeness (QED) is 0.0151. The number of phosphoric ester groups is 1. The molecule has 0 aromatic heterocycles. The van der Waals surface area contributed by atoms with Gasteiger partial charge in [0.2, 0.25) is 0 Å². The number of allylic oxidation sites excluding steroid dienone is 8. The van der Waals surface area contributed by atoms with E-state index in [2.05, 4.69) is 36.6 Å². The highest BCUT2D eigenvalue weighted by Crippen LogP contribution is 2.43. The Morgan fingerprint density at radius 2 is 1.16 bits per heavy atom. The van der Waals surface area contributed by atoms with Crippen LogP contribution in [0.2, 0.25) is 0 Å². The molecule has 0 saturated heterocycles. The van der Waals surface area contributed by atoms with Crippen LogP contribution in [0.25, 0.3) is 0 Å². The van der Waals surface area contributed by atoms with Gasteiger partial charge in [-0.05, 0) is 70.6 Å². The molecule has 4 atom stereocenters. The van der Waals surface area contributed by atoms with Gasteiger partial charge in [-0.1, -0.05) is 139 Å². The highest BCUT2D eigenvalue weighted by molar-refractivity contribution is 7.47. The second-order valence-electron chi connectivity index (χ2n) is 14.3. The number of carboxylic acid groups (broad SMARTS) is 1. The molecule has 12 nitrogen and oxygen atoms in total. The smallest absolute Gasteiger partial charge is 0.472 e. The SMILES string of the molecule is CCCCC/C=C\C[C@@H](O)/C=C/C=C\C/C=C\CCCC(=O)OC[C@H](COP(=O)(O)OC[C@H](N)C(=O)O)OC(=O)CCCCCCCCC/C=C\CCCCCC. The van der Waals surface area contributed by atoms with Gasteiger partial charge in [0.15, 0.2) is 6.10 Å². The standard InChI is InChI=1S/C44H76NO11P/c1-3-5-7-9-11-12-13-14-15-16-17-18-23-27-31-35-43(48)56-40(37-54-57(51,52)55-38-41(45)44(49)50)36-53-42(47)34-30-26-22-20-19-21-25-29-33-39(46)32-28-24-10-8-6-4-2/h12-13,20-22,24-25,28-29,33,39-41,46H,3-11,14-19,23,26-27,30-32,34-38,45H2,1-2H3,(H,49,50)(H,51,52)/b13-12-,22-20-,25-21-,28-24-,33-29+/t39-,40-,41+/m1/s1. The third-order valence-corrected chi connectivity index (χ3v) is 9.77. The molecule has 0 saturated carbocycles. The molecule has 0 aliphatic heterocycles. The number of carboxylic acids is 1. The Morgan fingerprint density at radius 3 is 1.82 bits per heavy atom. The number of ether oxygens (including phenoxy) is 2. The van der Waals surface area contributed by atoms with E-state index in [1.54, 1.807) is 6.08 Å². The van der Waals surface area contributed by atoms with Crippen LogP contribution in [-0.4, -0.2) is 71.1 Å². The average Bonchev–Trinajstić information content (AvgIpc) is 3.18. The van der Waals surface area contributed by atoms with Crippen molar-refractivity contribution in [2.45, 2.75) is 180 Å². The van der Waals surface area contributed by atoms with E-state index < -0.39 is 63.8 Å². The molecule has 0 aliphatic rings. The second kappa shape index (κ2) is 38.6. The van der Waals surface area contributed by atoms with Gasteiger partial charge in [-0.25, -0.2) is 4.57 Å². The number of unbranched alkanes of at least 4 members (excludes halogenated alkanes) is 15. The van der Waals surface area contributed by atoms with Gasteiger partial charge in [0.1, 0.15) is 12.6 Å². The Kier molecular flexibility index (Phi) is 36.7. The lowest BCUT2D eigenvalue weighted by atomic mass is 10.1. The number of hydrogen-bond donors (Lipinski definition) is 4. The Bertz CT molecular complexity index is 1220. The summed E-state index contributed by atoms with van der Waals surface area (Å²) >= 11 is 0. The number of carbonyl (C=O) groups is 3. The van der Waals surface area contributed by atoms with Crippen molar-refractivity contribution >= 4 is 25.7 Å². The fourth-order valence-electron chi connectivity index (χ4n) is 5.37. The maximum atomic E-state index is 12.6. The number of aliphatic hydroxyl groups excluding tert-OH is 1. The highest BCUT2D eigenvalue weighted by atomic mass is 31.2. The zero-order chi connectivity index (χ0) is 42.2. The summed E-state index contributed by atoms with van der Waals surface area (Å²) < 4.78 is 32.6. The van der Waals surface area contributed by atoms with Crippen LogP contribution >= 0.6 is 7.82 Å². The molecular weight excluding hydrogens is 749 g/mol. The summed E-state index contributed by atoms with van der Waals surface area (Å²) in [6.07, 6.45) is 40.3. The molecule has 0 fully saturated rings. The van der Waals surface area contributed by atoms with E-state index in [0.29, 0.717) is 32.1 Å². The minimum Gasteiger partial charge on any atom is -0.480 e. The number of rotatable bonds is 39. The third kappa shape index (κ3) is 38.4. The zero-order valence-electron chi connectivity index (χ0n) is 35.0. The number of hydrogen-bond acceptors (Lipinski definition) is 10. The van der Waals surface area contributed by atoms with Crippen molar-refractivity contribution in [3.05, 3.63) is 60.8 Å². The number of aliphatic carboxylic acids is 1. The third-order valence-electron chi connectivity index (χ3n) is 8.82. The number of esters is 2. The Labute approximate surface area is 343 Å². The van der Waals surface area contributed by atoms with Crippen LogP contribution in [0.3, 0.4) is 0 Å². The molecule has 0 bridgehead atoms. The Hall–Kier alpha value is -2.86. The molecule has 0 radical (unpaired) electrons. The van der Waals surface area contributed by atoms with Crippen LogP contribution in [-0.2, 0) is 37.5 Å². The van der Waals surface area contributed by atoms with Crippen molar-refractivity contribution in [2.75, 3.05) is 19.8 Å². The first-order valence-corrected chi connectivity index (χ1v) is 22.9. The predicted octanol–water partition coefficient (Wildman–Crippen LogP) is 10.1. The van der Waals surface area contributed by atoms with Crippen molar-refractivity contribution in [3.8, 4) is 0 Å². The van der Waals surface area contributed by atoms with Gasteiger partial charge in [0.25, 0.3) is 0 Å². The fraction of sp³-hybridized carbons (Fsp3) is 0.705. The van der Waals surface area contributed by atoms with Crippen molar-refractivity contribution in [1.82, 2.24) is 0 Å². The van der Waals surface area contributed by atoms with E-state index in [-0.39, 0.29) is 12.8 Å². The highest BCUT2D eigenvalue weighted by Gasteiger charge is 2.28. The zero-order valence-corrected chi connectivity index (χ0v) is 35.9. The number of nitrogens with two attached hydrogens (primary N) is 1. The van der Waals surface area contributed by atoms with Crippen molar-refractivity contribution in [3.63, 3.8) is 0 Å². The lowest BCUT2D eigenvalue weighted by Gasteiger charge is -2.20. The number of phosphoric acid groups is 1. The largest absolute Gasteiger partial charge is 0.480 e. The minimum absolute atomic E-state index is 0.111. The lowest BCUT2D eigenvalue weighted by Crippen LogP contribution is -2.34. The first-order chi connectivity index (χ1) is 27.5. The molecular formula is C44H76NO11P. The molecule has 0 heterocycles. The van der Waals surface area contributed by atoms with Gasteiger partial charge < -0.3 is 30.3 Å². The van der Waals surface area contributed by atoms with Crippen LogP contribution in [0.1, 0.15) is 162 Å². The van der Waals surface area contributed by atoms with E-state index in [0.717, 1.165) is 38.5 Å². The van der Waals surface area contributed by atoms with Gasteiger partial charge in [-0.2, -0.15) is 0 Å². The maximum Gasteiger partial charge on any atom is 0.472 e. The van der Waals surface area contributed by atoms with Gasteiger partial charge in [0, 0.05) is 12.8 Å². The van der Waals surface area contributed by atoms with Gasteiger partial charge in [-0.3, -0.25) is 23.4 Å². The molecule has 1 unspecified atom stereocenters. The topological polar surface area (TPSA) is 192 Å². The molecule has 13 heteroatoms. The van der Waals surface area contributed by atoms with Crippen LogP contribution in [0, 0.1) is 0 Å². The van der Waals surface area contributed by atoms with Crippen LogP contribution < -0.4 is 5.73 Å². The Morgan fingerprint density at radius 1 is 0.632 bits per heavy atom. The fourth-order valence-corrected chi connectivity index (χ4v) is 6.15. The molecule has 0 amide bonds. The molecule has 5 N–H and O–H groups in total. The first-order valence-electron chi connectivity index (χ1n) is 21.4. The van der Waals surface area contributed by atoms with E-state index in [4.69, 9.17) is 24.8 Å². The van der Waals surface area contributed by atoms with E-state index in [1.807, 2.05) is 36.5 Å². The summed E-state index contributed by atoms with van der Waals surface area (Å²) in [5, 5.41) is 18.9. The summed E-state index contributed by atoms with van der Waals surface area (Å²) in [6.45, 7) is 2.60. The molecule has 0 spiro atoms. The maximum absolute atomic E-state index is 12.6.